The largest absolute Gasteiger partial charge is 0.333 e. The number of nitrogens with one attached hydrogen (secondary N) is 1. The second-order valence-electron chi connectivity index (χ2n) is 7.28. The van der Waals surface area contributed by atoms with Gasteiger partial charge in [0.1, 0.15) is 0 Å². The van der Waals surface area contributed by atoms with Gasteiger partial charge in [-0.15, -0.1) is 0 Å². The number of nitrogens with zero attached hydrogens (tertiary/aromatic N) is 1. The number of benzene rings is 1. The molecule has 2 aromatic rings. The number of rotatable bonds is 2. The SMILES string of the molecule is CC1(C)C2CCC1(C)[C@H](Sc1nc3ccccc3[nH]1)C2. The summed E-state index contributed by atoms with van der Waals surface area (Å²) in [6.45, 7) is 7.45. The second kappa shape index (κ2) is 4.03. The van der Waals surface area contributed by atoms with Gasteiger partial charge in [-0.3, -0.25) is 0 Å². The molecule has 3 atom stereocenters. The number of aromatic amines is 1. The van der Waals surface area contributed by atoms with Gasteiger partial charge in [0.2, 0.25) is 0 Å². The summed E-state index contributed by atoms with van der Waals surface area (Å²) in [6.07, 6.45) is 4.15. The summed E-state index contributed by atoms with van der Waals surface area (Å²) in [4.78, 5) is 8.22. The van der Waals surface area contributed by atoms with E-state index in [9.17, 15) is 0 Å². The Morgan fingerprint density at radius 2 is 2.05 bits per heavy atom. The van der Waals surface area contributed by atoms with Crippen LogP contribution in [0.15, 0.2) is 29.4 Å². The molecule has 2 nitrogen and oxygen atoms in total. The van der Waals surface area contributed by atoms with Crippen molar-refractivity contribution in [1.29, 1.82) is 0 Å². The van der Waals surface area contributed by atoms with Gasteiger partial charge in [-0.05, 0) is 48.1 Å². The van der Waals surface area contributed by atoms with Crippen molar-refractivity contribution in [3.63, 3.8) is 0 Å². The zero-order valence-electron chi connectivity index (χ0n) is 12.4. The predicted molar refractivity (Wildman–Crippen MR) is 85.0 cm³/mol. The maximum Gasteiger partial charge on any atom is 0.166 e. The Kier molecular flexibility index (Phi) is 2.57. The molecule has 0 radical (unpaired) electrons. The first kappa shape index (κ1) is 12.8. The highest BCUT2D eigenvalue weighted by Crippen LogP contribution is 2.68. The van der Waals surface area contributed by atoms with E-state index in [0.29, 0.717) is 16.1 Å². The lowest BCUT2D eigenvalue weighted by atomic mass is 9.71. The normalized spacial score (nSPS) is 35.0. The third-order valence-electron chi connectivity index (χ3n) is 6.34. The van der Waals surface area contributed by atoms with Gasteiger partial charge in [-0.25, -0.2) is 4.98 Å². The van der Waals surface area contributed by atoms with Crippen molar-refractivity contribution in [2.45, 2.75) is 50.4 Å². The first-order chi connectivity index (χ1) is 9.50. The van der Waals surface area contributed by atoms with Crippen molar-refractivity contribution in [3.8, 4) is 0 Å². The first-order valence-corrected chi connectivity index (χ1v) is 8.50. The van der Waals surface area contributed by atoms with Gasteiger partial charge < -0.3 is 4.98 Å². The molecule has 2 aliphatic rings. The lowest BCUT2D eigenvalue weighted by Gasteiger charge is -2.38. The number of imidazole rings is 1. The highest BCUT2D eigenvalue weighted by Gasteiger charge is 2.61. The Hall–Kier alpha value is -0.960. The summed E-state index contributed by atoms with van der Waals surface area (Å²) < 4.78 is 0. The van der Waals surface area contributed by atoms with Crippen molar-refractivity contribution in [2.24, 2.45) is 16.7 Å². The number of H-pyrrole nitrogens is 1. The van der Waals surface area contributed by atoms with Crippen LogP contribution in [0.5, 0.6) is 0 Å². The van der Waals surface area contributed by atoms with Gasteiger partial charge in [-0.2, -0.15) is 0 Å². The van der Waals surface area contributed by atoms with E-state index in [1.165, 1.54) is 19.3 Å². The average molecular weight is 286 g/mol. The fourth-order valence-corrected chi connectivity index (χ4v) is 6.03. The molecule has 1 heterocycles. The van der Waals surface area contributed by atoms with Gasteiger partial charge in [-0.1, -0.05) is 44.7 Å². The maximum atomic E-state index is 4.75. The Morgan fingerprint density at radius 1 is 1.25 bits per heavy atom. The fourth-order valence-electron chi connectivity index (χ4n) is 4.43. The molecule has 0 saturated heterocycles. The molecule has 2 fully saturated rings. The number of thioether (sulfide) groups is 1. The van der Waals surface area contributed by atoms with Gasteiger partial charge >= 0.3 is 0 Å². The van der Waals surface area contributed by atoms with Gasteiger partial charge in [0.05, 0.1) is 11.0 Å². The molecule has 106 valence electrons. The first-order valence-electron chi connectivity index (χ1n) is 7.62. The van der Waals surface area contributed by atoms with Crippen LogP contribution in [-0.4, -0.2) is 15.2 Å². The lowest BCUT2D eigenvalue weighted by molar-refractivity contribution is 0.156. The molecule has 0 spiro atoms. The van der Waals surface area contributed by atoms with Crippen LogP contribution in [0.3, 0.4) is 0 Å². The Labute approximate surface area is 124 Å². The van der Waals surface area contributed by atoms with E-state index in [0.717, 1.165) is 22.1 Å². The predicted octanol–water partition coefficient (Wildman–Crippen LogP) is 4.87. The minimum atomic E-state index is 0.460. The Balaban J connectivity index is 1.64. The summed E-state index contributed by atoms with van der Waals surface area (Å²) in [5.41, 5.74) is 3.18. The van der Waals surface area contributed by atoms with Crippen LogP contribution in [0.4, 0.5) is 0 Å². The van der Waals surface area contributed by atoms with Crippen LogP contribution in [0.2, 0.25) is 0 Å². The third-order valence-corrected chi connectivity index (χ3v) is 7.75. The molecule has 0 aliphatic heterocycles. The van der Waals surface area contributed by atoms with E-state index in [1.807, 2.05) is 11.8 Å². The molecule has 2 aliphatic carbocycles. The lowest BCUT2D eigenvalue weighted by Crippen LogP contribution is -2.33. The zero-order chi connectivity index (χ0) is 14.0. The molecule has 1 aromatic heterocycles. The maximum absolute atomic E-state index is 4.75. The van der Waals surface area contributed by atoms with Crippen LogP contribution < -0.4 is 0 Å². The fraction of sp³-hybridized carbons (Fsp3) is 0.588. The van der Waals surface area contributed by atoms with E-state index in [2.05, 4.69) is 50.0 Å². The summed E-state index contributed by atoms with van der Waals surface area (Å²) in [5.74, 6) is 0.898. The molecular weight excluding hydrogens is 264 g/mol. The van der Waals surface area contributed by atoms with Crippen molar-refractivity contribution < 1.29 is 0 Å². The number of hydrogen-bond donors (Lipinski definition) is 1. The zero-order valence-corrected chi connectivity index (χ0v) is 13.3. The summed E-state index contributed by atoms with van der Waals surface area (Å²) in [5, 5.41) is 1.80. The van der Waals surface area contributed by atoms with Crippen LogP contribution in [0.1, 0.15) is 40.0 Å². The standard InChI is InChI=1S/C17H22N2S/c1-16(2)11-8-9-17(16,3)14(10-11)20-15-18-12-6-4-5-7-13(12)19-15/h4-7,11,14H,8-10H2,1-3H3,(H,18,19)/t11?,14-,17?/m1/s1. The molecular formula is C17H22N2S. The van der Waals surface area contributed by atoms with Crippen molar-refractivity contribution in [1.82, 2.24) is 9.97 Å². The van der Waals surface area contributed by atoms with Crippen molar-refractivity contribution in [3.05, 3.63) is 24.3 Å². The summed E-state index contributed by atoms with van der Waals surface area (Å²) in [7, 11) is 0. The second-order valence-corrected chi connectivity index (χ2v) is 8.47. The monoisotopic (exact) mass is 286 g/mol. The van der Waals surface area contributed by atoms with E-state index in [1.54, 1.807) is 0 Å². The van der Waals surface area contributed by atoms with E-state index < -0.39 is 0 Å². The van der Waals surface area contributed by atoms with Crippen molar-refractivity contribution >= 4 is 22.8 Å². The number of para-hydroxylation sites is 2. The van der Waals surface area contributed by atoms with Crippen LogP contribution in [0, 0.1) is 16.7 Å². The minimum Gasteiger partial charge on any atom is -0.333 e. The smallest absolute Gasteiger partial charge is 0.166 e. The Bertz CT molecular complexity index is 627. The molecule has 2 unspecified atom stereocenters. The van der Waals surface area contributed by atoms with Gasteiger partial charge in [0.15, 0.2) is 5.16 Å². The van der Waals surface area contributed by atoms with Crippen LogP contribution in [-0.2, 0) is 0 Å². The van der Waals surface area contributed by atoms with Crippen LogP contribution >= 0.6 is 11.8 Å². The molecule has 2 bridgehead atoms. The molecule has 0 amide bonds. The van der Waals surface area contributed by atoms with E-state index in [4.69, 9.17) is 4.98 Å². The average Bonchev–Trinajstić information content (AvgIpc) is 2.97. The highest BCUT2D eigenvalue weighted by atomic mass is 32.2. The molecule has 4 rings (SSSR count). The van der Waals surface area contributed by atoms with E-state index in [-0.39, 0.29) is 0 Å². The minimum absolute atomic E-state index is 0.460. The quantitative estimate of drug-likeness (QED) is 0.853. The summed E-state index contributed by atoms with van der Waals surface area (Å²) in [6, 6.07) is 8.32. The highest BCUT2D eigenvalue weighted by molar-refractivity contribution is 7.99. The van der Waals surface area contributed by atoms with Crippen molar-refractivity contribution in [2.75, 3.05) is 0 Å². The van der Waals surface area contributed by atoms with Gasteiger partial charge in [0.25, 0.3) is 0 Å². The van der Waals surface area contributed by atoms with Crippen LogP contribution in [0.25, 0.3) is 11.0 Å². The molecule has 1 N–H and O–H groups in total. The number of aromatic nitrogens is 2. The Morgan fingerprint density at radius 3 is 2.70 bits per heavy atom. The van der Waals surface area contributed by atoms with E-state index >= 15 is 0 Å². The molecule has 20 heavy (non-hydrogen) atoms. The molecule has 2 saturated carbocycles. The number of fused-ring (bicyclic) bond motifs is 3. The number of hydrogen-bond acceptors (Lipinski definition) is 2. The third kappa shape index (κ3) is 1.56. The molecule has 1 aromatic carbocycles. The summed E-state index contributed by atoms with van der Waals surface area (Å²) >= 11 is 1.97. The molecule has 3 heteroatoms. The topological polar surface area (TPSA) is 28.7 Å². The van der Waals surface area contributed by atoms with Gasteiger partial charge in [0, 0.05) is 5.25 Å².